The Morgan fingerprint density at radius 3 is 2.32 bits per heavy atom. The van der Waals surface area contributed by atoms with E-state index >= 15 is 0 Å². The van der Waals surface area contributed by atoms with E-state index < -0.39 is 10.0 Å². The van der Waals surface area contributed by atoms with Crippen LogP contribution in [0.5, 0.6) is 11.5 Å². The highest BCUT2D eigenvalue weighted by Crippen LogP contribution is 2.23. The number of nitrogens with zero attached hydrogens (tertiary/aromatic N) is 1. The second kappa shape index (κ2) is 9.07. The van der Waals surface area contributed by atoms with Crippen LogP contribution >= 0.6 is 0 Å². The molecule has 152 valence electrons. The Labute approximate surface area is 166 Å². The van der Waals surface area contributed by atoms with Crippen molar-refractivity contribution in [1.82, 2.24) is 9.62 Å². The zero-order chi connectivity index (χ0) is 20.9. The smallest absolute Gasteiger partial charge is 0.258 e. The predicted molar refractivity (Wildman–Crippen MR) is 107 cm³/mol. The van der Waals surface area contributed by atoms with E-state index in [1.54, 1.807) is 20.1 Å². The van der Waals surface area contributed by atoms with Gasteiger partial charge in [-0.05, 0) is 55.3 Å². The highest BCUT2D eigenvalue weighted by atomic mass is 32.2. The van der Waals surface area contributed by atoms with E-state index in [0.717, 1.165) is 15.6 Å². The largest absolute Gasteiger partial charge is 0.497 e. The Kier molecular flexibility index (Phi) is 7.04. The molecular formula is C20H26N2O5S. The van der Waals surface area contributed by atoms with Crippen LogP contribution in [0.1, 0.15) is 24.1 Å². The molecular weight excluding hydrogens is 380 g/mol. The second-order valence-electron chi connectivity index (χ2n) is 6.57. The van der Waals surface area contributed by atoms with Gasteiger partial charge in [-0.1, -0.05) is 12.1 Å². The Morgan fingerprint density at radius 2 is 1.79 bits per heavy atom. The molecule has 0 aliphatic rings. The third-order valence-corrected chi connectivity index (χ3v) is 6.09. The van der Waals surface area contributed by atoms with E-state index in [1.165, 1.54) is 26.2 Å². The molecule has 1 atom stereocenters. The first kappa shape index (κ1) is 21.7. The molecule has 1 N–H and O–H groups in total. The lowest BCUT2D eigenvalue weighted by atomic mass is 10.1. The number of carbonyl (C=O) groups is 1. The SMILES string of the molecule is COc1ccc(C(C)NC(=O)COc2ccc(S(=O)(=O)N(C)C)cc2C)cc1. The fourth-order valence-corrected chi connectivity index (χ4v) is 3.54. The van der Waals surface area contributed by atoms with E-state index in [9.17, 15) is 13.2 Å². The standard InChI is InChI=1S/C20H26N2O5S/c1-14-12-18(28(24,25)22(3)4)10-11-19(14)27-13-20(23)21-15(2)16-6-8-17(26-5)9-7-16/h6-12,15H,13H2,1-5H3,(H,21,23). The van der Waals surface area contributed by atoms with Gasteiger partial charge in [0.05, 0.1) is 18.0 Å². The zero-order valence-electron chi connectivity index (χ0n) is 16.7. The van der Waals surface area contributed by atoms with Crippen molar-refractivity contribution in [3.63, 3.8) is 0 Å². The number of aryl methyl sites for hydroxylation is 1. The van der Waals surface area contributed by atoms with Crippen LogP contribution in [0.3, 0.4) is 0 Å². The average molecular weight is 407 g/mol. The van der Waals surface area contributed by atoms with Crippen molar-refractivity contribution >= 4 is 15.9 Å². The molecule has 2 aromatic rings. The van der Waals surface area contributed by atoms with Gasteiger partial charge in [-0.15, -0.1) is 0 Å². The number of amides is 1. The number of hydrogen-bond acceptors (Lipinski definition) is 5. The molecule has 0 aliphatic carbocycles. The third kappa shape index (κ3) is 5.24. The van der Waals surface area contributed by atoms with Crippen molar-refractivity contribution < 1.29 is 22.7 Å². The number of rotatable bonds is 8. The molecule has 0 aromatic heterocycles. The van der Waals surface area contributed by atoms with Crippen LogP contribution in [0.4, 0.5) is 0 Å². The van der Waals surface area contributed by atoms with Crippen molar-refractivity contribution in [3.05, 3.63) is 53.6 Å². The summed E-state index contributed by atoms with van der Waals surface area (Å²) in [4.78, 5) is 12.4. The van der Waals surface area contributed by atoms with Gasteiger partial charge < -0.3 is 14.8 Å². The molecule has 1 unspecified atom stereocenters. The van der Waals surface area contributed by atoms with Crippen LogP contribution < -0.4 is 14.8 Å². The van der Waals surface area contributed by atoms with Gasteiger partial charge in [-0.3, -0.25) is 4.79 Å². The minimum Gasteiger partial charge on any atom is -0.497 e. The fraction of sp³-hybridized carbons (Fsp3) is 0.350. The lowest BCUT2D eigenvalue weighted by Gasteiger charge is -2.16. The number of ether oxygens (including phenoxy) is 2. The zero-order valence-corrected chi connectivity index (χ0v) is 17.5. The molecule has 0 saturated heterocycles. The van der Waals surface area contributed by atoms with Gasteiger partial charge in [0, 0.05) is 14.1 Å². The summed E-state index contributed by atoms with van der Waals surface area (Å²) in [5.41, 5.74) is 1.59. The Balaban J connectivity index is 1.96. The highest BCUT2D eigenvalue weighted by Gasteiger charge is 2.18. The molecule has 0 saturated carbocycles. The number of hydrogen-bond donors (Lipinski definition) is 1. The van der Waals surface area contributed by atoms with Crippen LogP contribution in [-0.4, -0.2) is 46.4 Å². The fourth-order valence-electron chi connectivity index (χ4n) is 2.56. The molecule has 7 nitrogen and oxygen atoms in total. The number of methoxy groups -OCH3 is 1. The van der Waals surface area contributed by atoms with Crippen molar-refractivity contribution in [2.45, 2.75) is 24.8 Å². The molecule has 0 spiro atoms. The van der Waals surface area contributed by atoms with Gasteiger partial charge in [0.15, 0.2) is 6.61 Å². The lowest BCUT2D eigenvalue weighted by Crippen LogP contribution is -2.31. The summed E-state index contributed by atoms with van der Waals surface area (Å²) in [5.74, 6) is 0.943. The van der Waals surface area contributed by atoms with Crippen LogP contribution in [0.15, 0.2) is 47.4 Å². The molecule has 2 aromatic carbocycles. The summed E-state index contributed by atoms with van der Waals surface area (Å²) >= 11 is 0. The quantitative estimate of drug-likeness (QED) is 0.728. The van der Waals surface area contributed by atoms with Crippen LogP contribution in [0.25, 0.3) is 0 Å². The van der Waals surface area contributed by atoms with Gasteiger partial charge in [0.2, 0.25) is 10.0 Å². The predicted octanol–water partition coefficient (Wildman–Crippen LogP) is 2.51. The number of benzene rings is 2. The molecule has 2 rings (SSSR count). The van der Waals surface area contributed by atoms with Crippen LogP contribution in [-0.2, 0) is 14.8 Å². The second-order valence-corrected chi connectivity index (χ2v) is 8.72. The maximum atomic E-state index is 12.2. The molecule has 0 heterocycles. The van der Waals surface area contributed by atoms with Gasteiger partial charge >= 0.3 is 0 Å². The van der Waals surface area contributed by atoms with Gasteiger partial charge in [0.1, 0.15) is 11.5 Å². The molecule has 1 amide bonds. The normalized spacial score (nSPS) is 12.5. The van der Waals surface area contributed by atoms with E-state index in [4.69, 9.17) is 9.47 Å². The van der Waals surface area contributed by atoms with E-state index in [-0.39, 0.29) is 23.5 Å². The van der Waals surface area contributed by atoms with Crippen molar-refractivity contribution in [3.8, 4) is 11.5 Å². The summed E-state index contributed by atoms with van der Waals surface area (Å²) in [6, 6.07) is 11.8. The number of carbonyl (C=O) groups excluding carboxylic acids is 1. The molecule has 0 radical (unpaired) electrons. The molecule has 0 fully saturated rings. The van der Waals surface area contributed by atoms with Gasteiger partial charge in [-0.25, -0.2) is 12.7 Å². The molecule has 28 heavy (non-hydrogen) atoms. The Hall–Kier alpha value is -2.58. The average Bonchev–Trinajstić information content (AvgIpc) is 2.66. The summed E-state index contributed by atoms with van der Waals surface area (Å²) in [6.07, 6.45) is 0. The minimum absolute atomic E-state index is 0.166. The van der Waals surface area contributed by atoms with Crippen molar-refractivity contribution in [2.75, 3.05) is 27.8 Å². The first-order chi connectivity index (χ1) is 13.1. The first-order valence-corrected chi connectivity index (χ1v) is 10.2. The highest BCUT2D eigenvalue weighted by molar-refractivity contribution is 7.89. The summed E-state index contributed by atoms with van der Waals surface area (Å²) in [5, 5.41) is 2.87. The van der Waals surface area contributed by atoms with Crippen molar-refractivity contribution in [2.24, 2.45) is 0 Å². The molecule has 0 aliphatic heterocycles. The number of sulfonamides is 1. The van der Waals surface area contributed by atoms with Gasteiger partial charge in [-0.2, -0.15) is 0 Å². The van der Waals surface area contributed by atoms with E-state index in [0.29, 0.717) is 11.3 Å². The van der Waals surface area contributed by atoms with E-state index in [2.05, 4.69) is 5.32 Å². The summed E-state index contributed by atoms with van der Waals surface area (Å²) in [7, 11) is 1.04. The van der Waals surface area contributed by atoms with Crippen LogP contribution in [0.2, 0.25) is 0 Å². The van der Waals surface area contributed by atoms with Crippen LogP contribution in [0, 0.1) is 6.92 Å². The number of nitrogens with one attached hydrogen (secondary N) is 1. The first-order valence-electron chi connectivity index (χ1n) is 8.74. The Morgan fingerprint density at radius 1 is 1.14 bits per heavy atom. The molecule has 8 heteroatoms. The van der Waals surface area contributed by atoms with Gasteiger partial charge in [0.25, 0.3) is 5.91 Å². The topological polar surface area (TPSA) is 84.9 Å². The summed E-state index contributed by atoms with van der Waals surface area (Å²) < 4.78 is 36.2. The minimum atomic E-state index is -3.51. The third-order valence-electron chi connectivity index (χ3n) is 4.28. The summed E-state index contributed by atoms with van der Waals surface area (Å²) in [6.45, 7) is 3.45. The lowest BCUT2D eigenvalue weighted by molar-refractivity contribution is -0.123. The van der Waals surface area contributed by atoms with Crippen molar-refractivity contribution in [1.29, 1.82) is 0 Å². The maximum absolute atomic E-state index is 12.2. The monoisotopic (exact) mass is 406 g/mol. The maximum Gasteiger partial charge on any atom is 0.258 e. The van der Waals surface area contributed by atoms with E-state index in [1.807, 2.05) is 31.2 Å². The Bertz CT molecular complexity index is 924. The molecule has 0 bridgehead atoms.